The predicted molar refractivity (Wildman–Crippen MR) is 86.9 cm³/mol. The Morgan fingerprint density at radius 2 is 1.45 bits per heavy atom. The van der Waals surface area contributed by atoms with E-state index in [1.807, 2.05) is 42.5 Å². The van der Waals surface area contributed by atoms with E-state index in [1.165, 1.54) is 0 Å². The van der Waals surface area contributed by atoms with Crippen molar-refractivity contribution in [1.82, 2.24) is 4.90 Å². The van der Waals surface area contributed by atoms with Crippen molar-refractivity contribution in [3.8, 4) is 11.1 Å². The average Bonchev–Trinajstić information content (AvgIpc) is 2.58. The molecule has 3 rings (SSSR count). The molecule has 1 aliphatic heterocycles. The maximum atomic E-state index is 12.3. The van der Waals surface area contributed by atoms with Gasteiger partial charge in [-0.05, 0) is 11.1 Å². The highest BCUT2D eigenvalue weighted by molar-refractivity contribution is 5.98. The number of hydrogen-bond acceptors (Lipinski definition) is 3. The minimum atomic E-state index is 0.119. The second-order valence-electron chi connectivity index (χ2n) is 5.68. The highest BCUT2D eigenvalue weighted by Gasteiger charge is 2.18. The van der Waals surface area contributed by atoms with Gasteiger partial charge in [0.15, 0.2) is 5.78 Å². The van der Waals surface area contributed by atoms with E-state index in [0.29, 0.717) is 38.3 Å². The molecule has 1 aliphatic rings. The van der Waals surface area contributed by atoms with Crippen LogP contribution in [0.1, 0.15) is 23.2 Å². The lowest BCUT2D eigenvalue weighted by Gasteiger charge is -2.24. The Balaban J connectivity index is 1.65. The normalized spacial score (nSPS) is 15.7. The van der Waals surface area contributed by atoms with Crippen LogP contribution in [-0.2, 0) is 4.79 Å². The van der Waals surface area contributed by atoms with Crippen LogP contribution in [0.2, 0.25) is 0 Å². The number of piperidine rings is 1. The van der Waals surface area contributed by atoms with Gasteiger partial charge in [-0.2, -0.15) is 0 Å². The minimum absolute atomic E-state index is 0.119. The van der Waals surface area contributed by atoms with Gasteiger partial charge in [0.2, 0.25) is 0 Å². The molecule has 22 heavy (non-hydrogen) atoms. The van der Waals surface area contributed by atoms with Crippen LogP contribution in [0.15, 0.2) is 54.6 Å². The van der Waals surface area contributed by atoms with Gasteiger partial charge in [0.25, 0.3) is 0 Å². The summed E-state index contributed by atoms with van der Waals surface area (Å²) in [7, 11) is 0. The Kier molecular flexibility index (Phi) is 4.45. The fraction of sp³-hybridized carbons (Fsp3) is 0.263. The topological polar surface area (TPSA) is 37.4 Å². The molecule has 0 atom stereocenters. The molecule has 0 amide bonds. The lowest BCUT2D eigenvalue weighted by molar-refractivity contribution is -0.121. The second kappa shape index (κ2) is 6.67. The van der Waals surface area contributed by atoms with Gasteiger partial charge in [-0.15, -0.1) is 0 Å². The van der Waals surface area contributed by atoms with Crippen LogP contribution in [0.25, 0.3) is 11.1 Å². The van der Waals surface area contributed by atoms with Gasteiger partial charge in [-0.3, -0.25) is 14.5 Å². The molecule has 0 unspecified atom stereocenters. The van der Waals surface area contributed by atoms with Crippen LogP contribution in [0, 0.1) is 0 Å². The van der Waals surface area contributed by atoms with Crippen molar-refractivity contribution in [3.63, 3.8) is 0 Å². The Morgan fingerprint density at radius 1 is 0.864 bits per heavy atom. The summed E-state index contributed by atoms with van der Waals surface area (Å²) in [5.41, 5.74) is 2.99. The molecule has 112 valence electrons. The van der Waals surface area contributed by atoms with Crippen molar-refractivity contribution < 1.29 is 9.59 Å². The smallest absolute Gasteiger partial charge is 0.176 e. The number of hydrogen-bond donors (Lipinski definition) is 0. The van der Waals surface area contributed by atoms with Crippen molar-refractivity contribution >= 4 is 11.6 Å². The number of benzene rings is 2. The van der Waals surface area contributed by atoms with E-state index in [4.69, 9.17) is 0 Å². The molecule has 2 aromatic carbocycles. The molecule has 0 aliphatic carbocycles. The van der Waals surface area contributed by atoms with Crippen LogP contribution in [0.3, 0.4) is 0 Å². The predicted octanol–water partition coefficient (Wildman–Crippen LogP) is 3.20. The van der Waals surface area contributed by atoms with E-state index >= 15 is 0 Å². The van der Waals surface area contributed by atoms with Crippen molar-refractivity contribution in [2.45, 2.75) is 12.8 Å². The van der Waals surface area contributed by atoms with Crippen molar-refractivity contribution in [1.29, 1.82) is 0 Å². The molecule has 3 heteroatoms. The minimum Gasteiger partial charge on any atom is -0.300 e. The molecular formula is C19H19NO2. The maximum Gasteiger partial charge on any atom is 0.176 e. The number of carbonyl (C=O) groups excluding carboxylic acids is 2. The van der Waals surface area contributed by atoms with Crippen LogP contribution >= 0.6 is 0 Å². The van der Waals surface area contributed by atoms with Gasteiger partial charge >= 0.3 is 0 Å². The zero-order valence-corrected chi connectivity index (χ0v) is 12.5. The van der Waals surface area contributed by atoms with E-state index < -0.39 is 0 Å². The van der Waals surface area contributed by atoms with Gasteiger partial charge in [-0.25, -0.2) is 0 Å². The summed E-state index contributed by atoms with van der Waals surface area (Å²) in [5.74, 6) is 0.421. The SMILES string of the molecule is O=C1CCN(CC(=O)c2ccc(-c3ccccc3)cc2)CC1. The summed E-state index contributed by atoms with van der Waals surface area (Å²) in [6.45, 7) is 1.80. The van der Waals surface area contributed by atoms with Gasteiger partial charge in [0, 0.05) is 31.5 Å². The Hall–Kier alpha value is -2.26. The van der Waals surface area contributed by atoms with E-state index in [-0.39, 0.29) is 5.78 Å². The molecule has 0 aromatic heterocycles. The summed E-state index contributed by atoms with van der Waals surface area (Å²) in [4.78, 5) is 25.6. The molecule has 1 saturated heterocycles. The Bertz CT molecular complexity index is 652. The summed E-state index contributed by atoms with van der Waals surface area (Å²) >= 11 is 0. The maximum absolute atomic E-state index is 12.3. The summed E-state index contributed by atoms with van der Waals surface area (Å²) < 4.78 is 0. The third-order valence-electron chi connectivity index (χ3n) is 4.09. The summed E-state index contributed by atoms with van der Waals surface area (Å²) in [6.07, 6.45) is 1.14. The lowest BCUT2D eigenvalue weighted by atomic mass is 10.0. The van der Waals surface area contributed by atoms with Crippen molar-refractivity contribution in [3.05, 3.63) is 60.2 Å². The molecule has 2 aromatic rings. The highest BCUT2D eigenvalue weighted by atomic mass is 16.1. The molecule has 0 spiro atoms. The average molecular weight is 293 g/mol. The highest BCUT2D eigenvalue weighted by Crippen LogP contribution is 2.19. The van der Waals surface area contributed by atoms with Crippen LogP contribution in [-0.4, -0.2) is 36.1 Å². The third-order valence-corrected chi connectivity index (χ3v) is 4.09. The fourth-order valence-corrected chi connectivity index (χ4v) is 2.73. The number of nitrogens with zero attached hydrogens (tertiary/aromatic N) is 1. The van der Waals surface area contributed by atoms with Gasteiger partial charge in [-0.1, -0.05) is 54.6 Å². The van der Waals surface area contributed by atoms with Gasteiger partial charge in [0.05, 0.1) is 6.54 Å². The molecular weight excluding hydrogens is 274 g/mol. The first-order valence-corrected chi connectivity index (χ1v) is 7.65. The van der Waals surface area contributed by atoms with Crippen molar-refractivity contribution in [2.24, 2.45) is 0 Å². The zero-order valence-electron chi connectivity index (χ0n) is 12.5. The largest absolute Gasteiger partial charge is 0.300 e. The van der Waals surface area contributed by atoms with Gasteiger partial charge < -0.3 is 0 Å². The molecule has 0 radical (unpaired) electrons. The van der Waals surface area contributed by atoms with Crippen molar-refractivity contribution in [2.75, 3.05) is 19.6 Å². The summed E-state index contributed by atoms with van der Waals surface area (Å²) in [5, 5.41) is 0. The number of Topliss-reactive ketones (excluding diaryl/α,β-unsaturated/α-hetero) is 2. The van der Waals surface area contributed by atoms with Crippen LogP contribution in [0.5, 0.6) is 0 Å². The summed E-state index contributed by atoms with van der Waals surface area (Å²) in [6, 6.07) is 17.9. The first-order valence-electron chi connectivity index (χ1n) is 7.65. The molecule has 0 N–H and O–H groups in total. The lowest BCUT2D eigenvalue weighted by Crippen LogP contribution is -2.37. The fourth-order valence-electron chi connectivity index (χ4n) is 2.73. The number of rotatable bonds is 4. The monoisotopic (exact) mass is 293 g/mol. The molecule has 1 fully saturated rings. The number of ketones is 2. The molecule has 3 nitrogen and oxygen atoms in total. The third kappa shape index (κ3) is 3.49. The standard InChI is InChI=1S/C19H19NO2/c21-18-10-12-20(13-11-18)14-19(22)17-8-6-16(7-9-17)15-4-2-1-3-5-15/h1-9H,10-14H2. The quantitative estimate of drug-likeness (QED) is 0.812. The van der Waals surface area contributed by atoms with Gasteiger partial charge in [0.1, 0.15) is 5.78 Å². The van der Waals surface area contributed by atoms with E-state index in [1.54, 1.807) is 0 Å². The molecule has 0 bridgehead atoms. The van der Waals surface area contributed by atoms with E-state index in [0.717, 1.165) is 16.7 Å². The number of carbonyl (C=O) groups is 2. The van der Waals surface area contributed by atoms with E-state index in [9.17, 15) is 9.59 Å². The second-order valence-corrected chi connectivity index (χ2v) is 5.68. The zero-order chi connectivity index (χ0) is 15.4. The van der Waals surface area contributed by atoms with E-state index in [2.05, 4.69) is 17.0 Å². The number of likely N-dealkylation sites (tertiary alicyclic amines) is 1. The first kappa shape index (κ1) is 14.7. The Morgan fingerprint density at radius 3 is 2.09 bits per heavy atom. The first-order chi connectivity index (χ1) is 10.7. The van der Waals surface area contributed by atoms with Crippen LogP contribution < -0.4 is 0 Å². The Labute approximate surface area is 130 Å². The van der Waals surface area contributed by atoms with Crippen LogP contribution in [0.4, 0.5) is 0 Å². The molecule has 1 heterocycles. The molecule has 0 saturated carbocycles.